The average Bonchev–Trinajstić information content (AvgIpc) is 2.68. The van der Waals surface area contributed by atoms with Crippen LogP contribution in [0.1, 0.15) is 29.6 Å². The van der Waals surface area contributed by atoms with Crippen LogP contribution in [0.5, 0.6) is 0 Å². The van der Waals surface area contributed by atoms with Gasteiger partial charge >= 0.3 is 0 Å². The van der Waals surface area contributed by atoms with Crippen molar-refractivity contribution in [3.05, 3.63) is 35.9 Å². The summed E-state index contributed by atoms with van der Waals surface area (Å²) in [6.07, 6.45) is 2.53. The van der Waals surface area contributed by atoms with Crippen LogP contribution in [0.2, 0.25) is 0 Å². The first kappa shape index (κ1) is 17.9. The van der Waals surface area contributed by atoms with Gasteiger partial charge in [0.15, 0.2) is 0 Å². The van der Waals surface area contributed by atoms with Gasteiger partial charge in [-0.05, 0) is 30.9 Å². The first-order chi connectivity index (χ1) is 12.2. The summed E-state index contributed by atoms with van der Waals surface area (Å²) >= 11 is 0. The van der Waals surface area contributed by atoms with Gasteiger partial charge in [-0.15, -0.1) is 0 Å². The van der Waals surface area contributed by atoms with Gasteiger partial charge in [0.1, 0.15) is 0 Å². The van der Waals surface area contributed by atoms with Gasteiger partial charge in [-0.1, -0.05) is 18.2 Å². The molecule has 2 heterocycles. The highest BCUT2D eigenvalue weighted by atomic mass is 16.5. The average molecular weight is 345 g/mol. The van der Waals surface area contributed by atoms with Crippen LogP contribution in [0.3, 0.4) is 0 Å². The number of hydrogen-bond acceptors (Lipinski definition) is 4. The molecule has 2 N–H and O–H groups in total. The van der Waals surface area contributed by atoms with E-state index in [-0.39, 0.29) is 17.9 Å². The summed E-state index contributed by atoms with van der Waals surface area (Å²) < 4.78 is 5.42. The van der Waals surface area contributed by atoms with E-state index in [1.807, 2.05) is 35.2 Å². The summed E-state index contributed by atoms with van der Waals surface area (Å²) in [7, 11) is 0. The Kier molecular flexibility index (Phi) is 6.42. The van der Waals surface area contributed by atoms with E-state index < -0.39 is 0 Å². The quantitative estimate of drug-likeness (QED) is 0.836. The molecule has 6 heteroatoms. The van der Waals surface area contributed by atoms with Gasteiger partial charge in [0.05, 0.1) is 13.2 Å². The van der Waals surface area contributed by atoms with Crippen molar-refractivity contribution in [2.75, 3.05) is 39.4 Å². The molecule has 2 fully saturated rings. The maximum absolute atomic E-state index is 12.5. The summed E-state index contributed by atoms with van der Waals surface area (Å²) in [5.41, 5.74) is 0.676. The van der Waals surface area contributed by atoms with Gasteiger partial charge in [-0.25, -0.2) is 0 Å². The number of carbonyl (C=O) groups excluding carboxylic acids is 2. The number of amides is 2. The highest BCUT2D eigenvalue weighted by molar-refractivity contribution is 5.94. The molecule has 1 aromatic carbocycles. The number of morpholine rings is 1. The SMILES string of the molecule is O=C(NCC1CCCN(C(=O)CC2COCCN2)C1)c1ccccc1. The Labute approximate surface area is 148 Å². The van der Waals surface area contributed by atoms with E-state index in [0.717, 1.165) is 39.1 Å². The van der Waals surface area contributed by atoms with E-state index in [1.165, 1.54) is 0 Å². The van der Waals surface area contributed by atoms with Crippen LogP contribution in [0.15, 0.2) is 30.3 Å². The summed E-state index contributed by atoms with van der Waals surface area (Å²) in [4.78, 5) is 26.6. The first-order valence-electron chi connectivity index (χ1n) is 9.14. The number of hydrogen-bond donors (Lipinski definition) is 2. The number of ether oxygens (including phenoxy) is 1. The highest BCUT2D eigenvalue weighted by Gasteiger charge is 2.26. The van der Waals surface area contributed by atoms with Crippen molar-refractivity contribution in [2.24, 2.45) is 5.92 Å². The summed E-state index contributed by atoms with van der Waals surface area (Å²) in [5.74, 6) is 0.454. The minimum atomic E-state index is -0.0485. The predicted octanol–water partition coefficient (Wildman–Crippen LogP) is 1.03. The van der Waals surface area contributed by atoms with Crippen molar-refractivity contribution < 1.29 is 14.3 Å². The third-order valence-corrected chi connectivity index (χ3v) is 4.88. The molecule has 2 unspecified atom stereocenters. The Balaban J connectivity index is 1.44. The number of rotatable bonds is 5. The Hall–Kier alpha value is -1.92. The molecule has 3 rings (SSSR count). The lowest BCUT2D eigenvalue weighted by atomic mass is 9.97. The molecule has 2 aliphatic rings. The van der Waals surface area contributed by atoms with E-state index >= 15 is 0 Å². The molecule has 25 heavy (non-hydrogen) atoms. The largest absolute Gasteiger partial charge is 0.378 e. The van der Waals surface area contributed by atoms with Gasteiger partial charge in [0.25, 0.3) is 5.91 Å². The number of piperidine rings is 1. The van der Waals surface area contributed by atoms with Gasteiger partial charge in [0, 0.05) is 44.2 Å². The van der Waals surface area contributed by atoms with Crippen LogP contribution in [0, 0.1) is 5.92 Å². The molecular formula is C19H27N3O3. The second kappa shape index (κ2) is 8.97. The van der Waals surface area contributed by atoms with Gasteiger partial charge in [0.2, 0.25) is 5.91 Å². The molecular weight excluding hydrogens is 318 g/mol. The molecule has 136 valence electrons. The number of benzene rings is 1. The normalized spacial score (nSPS) is 23.9. The van der Waals surface area contributed by atoms with Gasteiger partial charge in [-0.3, -0.25) is 9.59 Å². The van der Waals surface area contributed by atoms with Crippen molar-refractivity contribution in [1.82, 2.24) is 15.5 Å². The number of likely N-dealkylation sites (tertiary alicyclic amines) is 1. The molecule has 1 aromatic rings. The number of carbonyl (C=O) groups is 2. The van der Waals surface area contributed by atoms with Crippen molar-refractivity contribution in [3.63, 3.8) is 0 Å². The van der Waals surface area contributed by atoms with Crippen LogP contribution < -0.4 is 10.6 Å². The minimum Gasteiger partial charge on any atom is -0.378 e. The van der Waals surface area contributed by atoms with Crippen LogP contribution >= 0.6 is 0 Å². The lowest BCUT2D eigenvalue weighted by Gasteiger charge is -2.34. The molecule has 2 amide bonds. The van der Waals surface area contributed by atoms with Gasteiger partial charge in [-0.2, -0.15) is 0 Å². The standard InChI is InChI=1S/C19H27N3O3/c23-18(11-17-14-25-10-8-20-17)22-9-4-5-15(13-22)12-21-19(24)16-6-2-1-3-7-16/h1-3,6-7,15,17,20H,4-5,8-14H2,(H,21,24). The Morgan fingerprint density at radius 3 is 2.88 bits per heavy atom. The molecule has 0 saturated carbocycles. The zero-order valence-corrected chi connectivity index (χ0v) is 14.6. The molecule has 0 spiro atoms. The smallest absolute Gasteiger partial charge is 0.251 e. The predicted molar refractivity (Wildman–Crippen MR) is 95.3 cm³/mol. The maximum atomic E-state index is 12.5. The third-order valence-electron chi connectivity index (χ3n) is 4.88. The van der Waals surface area contributed by atoms with Crippen LogP contribution in [0.4, 0.5) is 0 Å². The number of nitrogens with one attached hydrogen (secondary N) is 2. The minimum absolute atomic E-state index is 0.0485. The summed E-state index contributed by atoms with van der Waals surface area (Å²) in [6.45, 7) is 4.29. The number of nitrogens with zero attached hydrogens (tertiary/aromatic N) is 1. The van der Waals surface area contributed by atoms with E-state index in [9.17, 15) is 9.59 Å². The van der Waals surface area contributed by atoms with Crippen LogP contribution in [-0.4, -0.2) is 62.1 Å². The fourth-order valence-electron chi connectivity index (χ4n) is 3.48. The molecule has 0 radical (unpaired) electrons. The zero-order valence-electron chi connectivity index (χ0n) is 14.6. The highest BCUT2D eigenvalue weighted by Crippen LogP contribution is 2.17. The fraction of sp³-hybridized carbons (Fsp3) is 0.579. The lowest BCUT2D eigenvalue weighted by molar-refractivity contribution is -0.134. The fourth-order valence-corrected chi connectivity index (χ4v) is 3.48. The Morgan fingerprint density at radius 1 is 1.28 bits per heavy atom. The molecule has 6 nitrogen and oxygen atoms in total. The molecule has 2 aliphatic heterocycles. The third kappa shape index (κ3) is 5.28. The summed E-state index contributed by atoms with van der Waals surface area (Å²) in [5, 5.41) is 6.33. The second-order valence-corrected chi connectivity index (χ2v) is 6.85. The van der Waals surface area contributed by atoms with E-state index in [2.05, 4.69) is 10.6 Å². The molecule has 2 saturated heterocycles. The second-order valence-electron chi connectivity index (χ2n) is 6.85. The molecule has 0 aliphatic carbocycles. The monoisotopic (exact) mass is 345 g/mol. The Morgan fingerprint density at radius 2 is 2.12 bits per heavy atom. The Bertz CT molecular complexity index is 573. The zero-order chi connectivity index (χ0) is 17.5. The lowest BCUT2D eigenvalue weighted by Crippen LogP contribution is -2.48. The van der Waals surface area contributed by atoms with E-state index in [0.29, 0.717) is 31.1 Å². The summed E-state index contributed by atoms with van der Waals surface area (Å²) in [6, 6.07) is 9.36. The molecule has 0 bridgehead atoms. The first-order valence-corrected chi connectivity index (χ1v) is 9.14. The van der Waals surface area contributed by atoms with Gasteiger partial charge < -0.3 is 20.3 Å². The van der Waals surface area contributed by atoms with E-state index in [4.69, 9.17) is 4.74 Å². The van der Waals surface area contributed by atoms with Crippen LogP contribution in [-0.2, 0) is 9.53 Å². The van der Waals surface area contributed by atoms with Crippen molar-refractivity contribution >= 4 is 11.8 Å². The maximum Gasteiger partial charge on any atom is 0.251 e. The molecule has 0 aromatic heterocycles. The van der Waals surface area contributed by atoms with Crippen molar-refractivity contribution in [2.45, 2.75) is 25.3 Å². The van der Waals surface area contributed by atoms with Crippen LogP contribution in [0.25, 0.3) is 0 Å². The topological polar surface area (TPSA) is 70.7 Å². The van der Waals surface area contributed by atoms with E-state index in [1.54, 1.807) is 0 Å². The van der Waals surface area contributed by atoms with Crippen molar-refractivity contribution in [3.8, 4) is 0 Å². The van der Waals surface area contributed by atoms with Crippen molar-refractivity contribution in [1.29, 1.82) is 0 Å². The molecule has 2 atom stereocenters.